The van der Waals surface area contributed by atoms with Gasteiger partial charge >= 0.3 is 0 Å². The summed E-state index contributed by atoms with van der Waals surface area (Å²) < 4.78 is 10.8. The molecule has 1 aromatic rings. The van der Waals surface area contributed by atoms with Crippen LogP contribution in [-0.4, -0.2) is 19.8 Å². The summed E-state index contributed by atoms with van der Waals surface area (Å²) >= 11 is 0. The lowest BCUT2D eigenvalue weighted by molar-refractivity contribution is 0.0920. The highest BCUT2D eigenvalue weighted by molar-refractivity contribution is 5.39. The van der Waals surface area contributed by atoms with Crippen LogP contribution in [0.2, 0.25) is 0 Å². The predicted octanol–water partition coefficient (Wildman–Crippen LogP) is 2.44. The van der Waals surface area contributed by atoms with Crippen molar-refractivity contribution < 1.29 is 9.47 Å². The van der Waals surface area contributed by atoms with E-state index in [1.807, 2.05) is 13.0 Å². The van der Waals surface area contributed by atoms with E-state index in [-0.39, 0.29) is 12.1 Å². The van der Waals surface area contributed by atoms with Crippen LogP contribution >= 0.6 is 0 Å². The number of ether oxygens (including phenoxy) is 2. The fourth-order valence-corrected chi connectivity index (χ4v) is 2.39. The molecule has 2 N–H and O–H groups in total. The Morgan fingerprint density at radius 1 is 1.47 bits per heavy atom. The Hall–Kier alpha value is -1.06. The smallest absolute Gasteiger partial charge is 0.120 e. The Balaban J connectivity index is 2.12. The van der Waals surface area contributed by atoms with Gasteiger partial charge in [0, 0.05) is 13.2 Å². The largest absolute Gasteiger partial charge is 0.488 e. The second kappa shape index (κ2) is 5.52. The van der Waals surface area contributed by atoms with Crippen molar-refractivity contribution in [3.05, 3.63) is 29.3 Å². The molecule has 0 spiro atoms. The number of methoxy groups -OCH3 is 1. The molecular weight excluding hydrogens is 214 g/mol. The number of rotatable bonds is 4. The third-order valence-electron chi connectivity index (χ3n) is 3.22. The van der Waals surface area contributed by atoms with Crippen LogP contribution in [-0.2, 0) is 11.2 Å². The number of hydrogen-bond acceptors (Lipinski definition) is 3. The van der Waals surface area contributed by atoms with Crippen LogP contribution in [0.1, 0.15) is 36.9 Å². The molecule has 1 aromatic carbocycles. The average molecular weight is 235 g/mol. The lowest BCUT2D eigenvalue weighted by atomic mass is 9.88. The average Bonchev–Trinajstić information content (AvgIpc) is 2.30. The van der Waals surface area contributed by atoms with E-state index < -0.39 is 0 Å². The van der Waals surface area contributed by atoms with Crippen molar-refractivity contribution in [3.8, 4) is 5.75 Å². The molecule has 0 radical (unpaired) electrons. The zero-order valence-corrected chi connectivity index (χ0v) is 10.6. The summed E-state index contributed by atoms with van der Waals surface area (Å²) in [7, 11) is 1.68. The van der Waals surface area contributed by atoms with Gasteiger partial charge in [0.1, 0.15) is 11.9 Å². The third-order valence-corrected chi connectivity index (χ3v) is 3.22. The molecule has 2 atom stereocenters. The summed E-state index contributed by atoms with van der Waals surface area (Å²) in [6.45, 7) is 2.60. The fourth-order valence-electron chi connectivity index (χ4n) is 2.39. The van der Waals surface area contributed by atoms with Gasteiger partial charge in [-0.2, -0.15) is 0 Å². The second-order valence-corrected chi connectivity index (χ2v) is 4.74. The molecule has 0 aromatic heterocycles. The minimum atomic E-state index is 0.0675. The highest BCUT2D eigenvalue weighted by Crippen LogP contribution is 2.31. The van der Waals surface area contributed by atoms with Crippen molar-refractivity contribution in [2.75, 3.05) is 13.7 Å². The van der Waals surface area contributed by atoms with Crippen molar-refractivity contribution in [2.45, 2.75) is 38.3 Å². The van der Waals surface area contributed by atoms with Gasteiger partial charge < -0.3 is 15.2 Å². The molecule has 0 fully saturated rings. The monoisotopic (exact) mass is 235 g/mol. The maximum atomic E-state index is 6.12. The Kier molecular flexibility index (Phi) is 4.02. The minimum Gasteiger partial charge on any atom is -0.488 e. The SMILES string of the molecule is COCC(C)Oc1ccc2c(c1)C(N)CCC2. The summed E-state index contributed by atoms with van der Waals surface area (Å²) in [6, 6.07) is 6.43. The van der Waals surface area contributed by atoms with Crippen molar-refractivity contribution in [3.63, 3.8) is 0 Å². The van der Waals surface area contributed by atoms with Crippen molar-refractivity contribution in [1.29, 1.82) is 0 Å². The molecule has 3 nitrogen and oxygen atoms in total. The summed E-state index contributed by atoms with van der Waals surface area (Å²) in [6.07, 6.45) is 3.47. The molecule has 2 unspecified atom stereocenters. The van der Waals surface area contributed by atoms with Gasteiger partial charge in [0.2, 0.25) is 0 Å². The Bertz CT molecular complexity index is 378. The number of fused-ring (bicyclic) bond motifs is 1. The van der Waals surface area contributed by atoms with E-state index in [2.05, 4.69) is 12.1 Å². The molecule has 17 heavy (non-hydrogen) atoms. The summed E-state index contributed by atoms with van der Waals surface area (Å²) in [4.78, 5) is 0. The first-order valence-electron chi connectivity index (χ1n) is 6.24. The van der Waals surface area contributed by atoms with Crippen molar-refractivity contribution in [2.24, 2.45) is 5.73 Å². The third kappa shape index (κ3) is 2.99. The van der Waals surface area contributed by atoms with Gasteiger partial charge in [0.05, 0.1) is 6.61 Å². The lowest BCUT2D eigenvalue weighted by Crippen LogP contribution is -2.20. The van der Waals surface area contributed by atoms with Crippen molar-refractivity contribution >= 4 is 0 Å². The van der Waals surface area contributed by atoms with Gasteiger partial charge in [-0.3, -0.25) is 0 Å². The Labute approximate surface area is 103 Å². The molecule has 1 aliphatic carbocycles. The van der Waals surface area contributed by atoms with Gasteiger partial charge in [-0.15, -0.1) is 0 Å². The Morgan fingerprint density at radius 2 is 2.29 bits per heavy atom. The molecule has 3 heteroatoms. The van der Waals surface area contributed by atoms with Gasteiger partial charge in [-0.05, 0) is 49.4 Å². The predicted molar refractivity (Wildman–Crippen MR) is 68.3 cm³/mol. The van der Waals surface area contributed by atoms with Crippen molar-refractivity contribution in [1.82, 2.24) is 0 Å². The summed E-state index contributed by atoms with van der Waals surface area (Å²) in [5.41, 5.74) is 8.74. The first kappa shape index (κ1) is 12.4. The zero-order chi connectivity index (χ0) is 12.3. The van der Waals surface area contributed by atoms with Gasteiger partial charge in [0.25, 0.3) is 0 Å². The van der Waals surface area contributed by atoms with E-state index in [9.17, 15) is 0 Å². The molecule has 0 bridgehead atoms. The molecule has 2 rings (SSSR count). The molecule has 0 amide bonds. The van der Waals surface area contributed by atoms with Crippen LogP contribution in [0.25, 0.3) is 0 Å². The molecule has 0 aliphatic heterocycles. The topological polar surface area (TPSA) is 44.5 Å². The highest BCUT2D eigenvalue weighted by Gasteiger charge is 2.17. The molecule has 1 aliphatic rings. The van der Waals surface area contributed by atoms with E-state index in [4.69, 9.17) is 15.2 Å². The molecule has 0 saturated heterocycles. The molecule has 0 heterocycles. The molecular formula is C14H21NO2. The van der Waals surface area contributed by atoms with Crippen LogP contribution < -0.4 is 10.5 Å². The van der Waals surface area contributed by atoms with Crippen LogP contribution in [0, 0.1) is 0 Å². The number of benzene rings is 1. The van der Waals surface area contributed by atoms with Crippen LogP contribution in [0.3, 0.4) is 0 Å². The van der Waals surface area contributed by atoms with Crippen LogP contribution in [0.15, 0.2) is 18.2 Å². The standard InChI is InChI=1S/C14H21NO2/c1-10(9-16-2)17-12-7-6-11-4-3-5-14(15)13(11)8-12/h6-8,10,14H,3-5,9,15H2,1-2H3. The number of nitrogens with two attached hydrogens (primary N) is 1. The minimum absolute atomic E-state index is 0.0675. The summed E-state index contributed by atoms with van der Waals surface area (Å²) in [5, 5.41) is 0. The van der Waals surface area contributed by atoms with Gasteiger partial charge in [-0.25, -0.2) is 0 Å². The first-order valence-corrected chi connectivity index (χ1v) is 6.24. The maximum Gasteiger partial charge on any atom is 0.120 e. The van der Waals surface area contributed by atoms with Gasteiger partial charge in [-0.1, -0.05) is 6.07 Å². The number of aryl methyl sites for hydroxylation is 1. The maximum absolute atomic E-state index is 6.12. The van der Waals surface area contributed by atoms with E-state index in [1.165, 1.54) is 17.5 Å². The first-order chi connectivity index (χ1) is 8.20. The highest BCUT2D eigenvalue weighted by atomic mass is 16.5. The van der Waals surface area contributed by atoms with Gasteiger partial charge in [0.15, 0.2) is 0 Å². The van der Waals surface area contributed by atoms with Crippen LogP contribution in [0.4, 0.5) is 0 Å². The van der Waals surface area contributed by atoms with E-state index in [0.717, 1.165) is 18.6 Å². The normalized spacial score (nSPS) is 20.8. The Morgan fingerprint density at radius 3 is 3.06 bits per heavy atom. The van der Waals surface area contributed by atoms with E-state index >= 15 is 0 Å². The lowest BCUT2D eigenvalue weighted by Gasteiger charge is -2.23. The van der Waals surface area contributed by atoms with E-state index in [0.29, 0.717) is 6.61 Å². The molecule has 0 saturated carbocycles. The number of hydrogen-bond donors (Lipinski definition) is 1. The quantitative estimate of drug-likeness (QED) is 0.871. The fraction of sp³-hybridized carbons (Fsp3) is 0.571. The van der Waals surface area contributed by atoms with Crippen LogP contribution in [0.5, 0.6) is 5.75 Å². The molecule has 94 valence electrons. The zero-order valence-electron chi connectivity index (χ0n) is 10.6. The second-order valence-electron chi connectivity index (χ2n) is 4.74. The summed E-state index contributed by atoms with van der Waals surface area (Å²) in [5.74, 6) is 0.894. The van der Waals surface area contributed by atoms with E-state index in [1.54, 1.807) is 7.11 Å².